The first kappa shape index (κ1) is 16.9. The lowest BCUT2D eigenvalue weighted by Crippen LogP contribution is -2.43. The lowest BCUT2D eigenvalue weighted by Gasteiger charge is -2.31. The van der Waals surface area contributed by atoms with Crippen LogP contribution < -0.4 is 0 Å². The van der Waals surface area contributed by atoms with Crippen LogP contribution in [0.3, 0.4) is 0 Å². The smallest absolute Gasteiger partial charge is 0.245 e. The molecule has 124 valence electrons. The Balaban J connectivity index is 1.78. The van der Waals surface area contributed by atoms with Gasteiger partial charge in [0, 0.05) is 28.6 Å². The highest BCUT2D eigenvalue weighted by Crippen LogP contribution is 2.36. The normalized spacial score (nSPS) is 20.1. The molecule has 0 saturated carbocycles. The molecule has 0 spiro atoms. The van der Waals surface area contributed by atoms with E-state index in [1.54, 1.807) is 0 Å². The van der Waals surface area contributed by atoms with Crippen molar-refractivity contribution >= 4 is 27.5 Å². The summed E-state index contributed by atoms with van der Waals surface area (Å²) in [5, 5.41) is 16.7. The van der Waals surface area contributed by atoms with Gasteiger partial charge in [0.15, 0.2) is 5.72 Å². The van der Waals surface area contributed by atoms with E-state index >= 15 is 0 Å². The minimum Gasteiger partial charge on any atom is -0.365 e. The topological polar surface area (TPSA) is 52.9 Å². The van der Waals surface area contributed by atoms with Crippen LogP contribution in [0.25, 0.3) is 0 Å². The van der Waals surface area contributed by atoms with Gasteiger partial charge in [0.25, 0.3) is 0 Å². The molecule has 1 heterocycles. The van der Waals surface area contributed by atoms with Crippen LogP contribution in [0.4, 0.5) is 0 Å². The van der Waals surface area contributed by atoms with Gasteiger partial charge < -0.3 is 5.11 Å². The van der Waals surface area contributed by atoms with E-state index in [0.29, 0.717) is 24.8 Å². The van der Waals surface area contributed by atoms with E-state index < -0.39 is 5.72 Å². The molecule has 0 fully saturated rings. The minimum atomic E-state index is -1.40. The van der Waals surface area contributed by atoms with E-state index in [4.69, 9.17) is 0 Å². The maximum Gasteiger partial charge on any atom is 0.245 e. The zero-order valence-corrected chi connectivity index (χ0v) is 15.0. The quantitative estimate of drug-likeness (QED) is 0.867. The van der Waals surface area contributed by atoms with Gasteiger partial charge in [-0.1, -0.05) is 58.4 Å². The largest absolute Gasteiger partial charge is 0.365 e. The molecule has 4 nitrogen and oxygen atoms in total. The molecular weight excluding hydrogens is 368 g/mol. The average molecular weight is 387 g/mol. The summed E-state index contributed by atoms with van der Waals surface area (Å²) < 4.78 is 0.924. The molecule has 0 saturated heterocycles. The van der Waals surface area contributed by atoms with Crippen LogP contribution in [-0.2, 0) is 16.9 Å². The molecule has 1 amide bonds. The molecule has 0 aromatic heterocycles. The van der Waals surface area contributed by atoms with Crippen molar-refractivity contribution in [1.82, 2.24) is 5.01 Å². The molecule has 0 aliphatic carbocycles. The fourth-order valence-corrected chi connectivity index (χ4v) is 3.19. The summed E-state index contributed by atoms with van der Waals surface area (Å²) in [4.78, 5) is 12.7. The molecule has 5 heteroatoms. The van der Waals surface area contributed by atoms with Gasteiger partial charge in [-0.25, -0.2) is 0 Å². The number of hydrogen-bond acceptors (Lipinski definition) is 3. The van der Waals surface area contributed by atoms with Crippen LogP contribution in [0, 0.1) is 0 Å². The van der Waals surface area contributed by atoms with E-state index in [-0.39, 0.29) is 5.91 Å². The fraction of sp³-hybridized carbons (Fsp3) is 0.263. The van der Waals surface area contributed by atoms with Gasteiger partial charge in [-0.2, -0.15) is 10.1 Å². The molecule has 1 aliphatic rings. The lowest BCUT2D eigenvalue weighted by molar-refractivity contribution is -0.157. The van der Waals surface area contributed by atoms with E-state index in [2.05, 4.69) is 21.0 Å². The number of hydrogen-bond donors (Lipinski definition) is 1. The maximum absolute atomic E-state index is 12.7. The third-order valence-electron chi connectivity index (χ3n) is 4.14. The Labute approximate surface area is 149 Å². The zero-order valence-electron chi connectivity index (χ0n) is 13.4. The minimum absolute atomic E-state index is 0.180. The first-order valence-electron chi connectivity index (χ1n) is 7.88. The summed E-state index contributed by atoms with van der Waals surface area (Å²) in [5.41, 5.74) is 1.10. The van der Waals surface area contributed by atoms with Crippen molar-refractivity contribution in [2.75, 3.05) is 0 Å². The number of amides is 1. The molecule has 0 radical (unpaired) electrons. The second kappa shape index (κ2) is 6.87. The monoisotopic (exact) mass is 386 g/mol. The number of carbonyl (C=O) groups is 1. The van der Waals surface area contributed by atoms with Crippen LogP contribution in [0.5, 0.6) is 0 Å². The standard InChI is InChI=1S/C19H19BrN2O2/c1-14-13-19(24,16-8-10-17(20)11-9-16)22(21-14)18(23)12-7-15-5-3-2-4-6-15/h2-6,8-11,24H,7,12-13H2,1H3/t19-/m0/s1. The van der Waals surface area contributed by atoms with Gasteiger partial charge in [0.1, 0.15) is 0 Å². The number of carbonyl (C=O) groups excluding carboxylic acids is 1. The summed E-state index contributed by atoms with van der Waals surface area (Å²) >= 11 is 3.39. The second-order valence-corrected chi connectivity index (χ2v) is 6.94. The Morgan fingerprint density at radius 2 is 1.88 bits per heavy atom. The van der Waals surface area contributed by atoms with Crippen molar-refractivity contribution in [3.63, 3.8) is 0 Å². The molecule has 24 heavy (non-hydrogen) atoms. The summed E-state index contributed by atoms with van der Waals surface area (Å²) in [5.74, 6) is -0.180. The SMILES string of the molecule is CC1=NN(C(=O)CCc2ccccc2)[C@@](O)(c2ccc(Br)cc2)C1. The summed E-state index contributed by atoms with van der Waals surface area (Å²) in [6.45, 7) is 1.83. The van der Waals surface area contributed by atoms with Crippen molar-refractivity contribution in [3.05, 3.63) is 70.2 Å². The number of aryl methyl sites for hydroxylation is 1. The third-order valence-corrected chi connectivity index (χ3v) is 4.67. The highest BCUT2D eigenvalue weighted by atomic mass is 79.9. The van der Waals surface area contributed by atoms with E-state index in [1.807, 2.05) is 61.5 Å². The Bertz CT molecular complexity index is 759. The van der Waals surface area contributed by atoms with Crippen molar-refractivity contribution in [1.29, 1.82) is 0 Å². The first-order chi connectivity index (χ1) is 11.5. The number of hydrazone groups is 1. The Hall–Kier alpha value is -1.98. The van der Waals surface area contributed by atoms with Crippen LogP contribution in [0.2, 0.25) is 0 Å². The van der Waals surface area contributed by atoms with Gasteiger partial charge in [0.05, 0.1) is 0 Å². The van der Waals surface area contributed by atoms with Crippen molar-refractivity contribution in [3.8, 4) is 0 Å². The fourth-order valence-electron chi connectivity index (χ4n) is 2.93. The molecule has 1 atom stereocenters. The summed E-state index contributed by atoms with van der Waals surface area (Å²) in [6.07, 6.45) is 1.26. The predicted octanol–water partition coefficient (Wildman–Crippen LogP) is 3.84. The highest BCUT2D eigenvalue weighted by Gasteiger charge is 2.44. The highest BCUT2D eigenvalue weighted by molar-refractivity contribution is 9.10. The van der Waals surface area contributed by atoms with Crippen LogP contribution in [0.1, 0.15) is 30.9 Å². The number of nitrogens with zero attached hydrogens (tertiary/aromatic N) is 2. The molecule has 0 unspecified atom stereocenters. The Morgan fingerprint density at radius 1 is 1.21 bits per heavy atom. The van der Waals surface area contributed by atoms with E-state index in [1.165, 1.54) is 5.01 Å². The molecule has 0 bridgehead atoms. The number of aliphatic hydroxyl groups is 1. The number of benzene rings is 2. The average Bonchev–Trinajstić information content (AvgIpc) is 2.90. The zero-order chi connectivity index (χ0) is 17.2. The predicted molar refractivity (Wildman–Crippen MR) is 97.4 cm³/mol. The van der Waals surface area contributed by atoms with Crippen molar-refractivity contribution in [2.45, 2.75) is 31.9 Å². The van der Waals surface area contributed by atoms with Crippen LogP contribution in [-0.4, -0.2) is 21.7 Å². The summed E-state index contributed by atoms with van der Waals surface area (Å²) in [6, 6.07) is 17.2. The molecule has 1 aliphatic heterocycles. The van der Waals surface area contributed by atoms with Gasteiger partial charge in [-0.3, -0.25) is 4.79 Å². The third kappa shape index (κ3) is 3.42. The van der Waals surface area contributed by atoms with E-state index in [0.717, 1.165) is 15.7 Å². The Kier molecular flexibility index (Phi) is 4.83. The van der Waals surface area contributed by atoms with Crippen LogP contribution >= 0.6 is 15.9 Å². The first-order valence-corrected chi connectivity index (χ1v) is 8.68. The molecule has 3 rings (SSSR count). The lowest BCUT2D eigenvalue weighted by atomic mass is 9.97. The molecule has 2 aromatic carbocycles. The molecule has 2 aromatic rings. The summed E-state index contributed by atoms with van der Waals surface area (Å²) in [7, 11) is 0. The molecular formula is C19H19BrN2O2. The maximum atomic E-state index is 12.7. The number of halogens is 1. The Morgan fingerprint density at radius 3 is 2.54 bits per heavy atom. The van der Waals surface area contributed by atoms with Gasteiger partial charge in [-0.05, 0) is 31.0 Å². The van der Waals surface area contributed by atoms with Gasteiger partial charge in [-0.15, -0.1) is 0 Å². The van der Waals surface area contributed by atoms with Crippen molar-refractivity contribution < 1.29 is 9.90 Å². The van der Waals surface area contributed by atoms with Gasteiger partial charge >= 0.3 is 0 Å². The van der Waals surface area contributed by atoms with Gasteiger partial charge in [0.2, 0.25) is 5.91 Å². The van der Waals surface area contributed by atoms with E-state index in [9.17, 15) is 9.90 Å². The van der Waals surface area contributed by atoms with Crippen molar-refractivity contribution in [2.24, 2.45) is 5.10 Å². The molecule has 1 N–H and O–H groups in total. The van der Waals surface area contributed by atoms with Crippen LogP contribution in [0.15, 0.2) is 64.2 Å². The second-order valence-electron chi connectivity index (χ2n) is 6.03. The number of rotatable bonds is 4.